The largest absolute Gasteiger partial charge is 0.462 e. The van der Waals surface area contributed by atoms with Gasteiger partial charge in [-0.2, -0.15) is 13.2 Å². The SMILES string of the molecule is CC(C)OC(=O)C(C(=O)OC(C)C)c1ccc(C(F)(F)F)cc1N=Cc1ccc([N+](=O)[O-])cc1. The van der Waals surface area contributed by atoms with E-state index in [4.69, 9.17) is 9.47 Å². The molecule has 0 aliphatic carbocycles. The Labute approximate surface area is 193 Å². The molecule has 34 heavy (non-hydrogen) atoms. The smallest absolute Gasteiger partial charge is 0.416 e. The molecule has 0 aromatic heterocycles. The number of benzene rings is 2. The van der Waals surface area contributed by atoms with E-state index >= 15 is 0 Å². The predicted molar refractivity (Wildman–Crippen MR) is 117 cm³/mol. The van der Waals surface area contributed by atoms with Crippen LogP contribution in [0.25, 0.3) is 0 Å². The molecule has 0 N–H and O–H groups in total. The Balaban J connectivity index is 2.60. The highest BCUT2D eigenvalue weighted by atomic mass is 19.4. The number of rotatable bonds is 8. The highest BCUT2D eigenvalue weighted by molar-refractivity contribution is 6.02. The molecule has 0 radical (unpaired) electrons. The summed E-state index contributed by atoms with van der Waals surface area (Å²) in [5, 5.41) is 10.8. The molecule has 8 nitrogen and oxygen atoms in total. The normalized spacial score (nSPS) is 11.9. The highest BCUT2D eigenvalue weighted by Gasteiger charge is 2.37. The van der Waals surface area contributed by atoms with Gasteiger partial charge in [-0.05, 0) is 57.5 Å². The lowest BCUT2D eigenvalue weighted by Crippen LogP contribution is -2.29. The molecule has 11 heteroatoms. The van der Waals surface area contributed by atoms with Crippen LogP contribution in [0.3, 0.4) is 0 Å². The fraction of sp³-hybridized carbons (Fsp3) is 0.348. The van der Waals surface area contributed by atoms with Crippen LogP contribution in [0.1, 0.15) is 50.3 Å². The second kappa shape index (κ2) is 10.9. The number of esters is 2. The number of hydrogen-bond donors (Lipinski definition) is 0. The van der Waals surface area contributed by atoms with Crippen LogP contribution < -0.4 is 0 Å². The molecule has 2 aromatic rings. The first-order valence-electron chi connectivity index (χ1n) is 10.2. The standard InChI is InChI=1S/C23H23F3N2O6/c1-13(2)33-21(29)20(22(30)34-14(3)4)18-10-7-16(23(24,25)26)11-19(18)27-12-15-5-8-17(9-6-15)28(31)32/h5-14,20H,1-4H3. The van der Waals surface area contributed by atoms with Crippen molar-refractivity contribution < 1.29 is 37.2 Å². The molecule has 0 saturated heterocycles. The number of aliphatic imine (C=N–C) groups is 1. The van der Waals surface area contributed by atoms with Crippen molar-refractivity contribution in [1.82, 2.24) is 0 Å². The summed E-state index contributed by atoms with van der Waals surface area (Å²) >= 11 is 0. The summed E-state index contributed by atoms with van der Waals surface area (Å²) in [4.78, 5) is 39.7. The quantitative estimate of drug-likeness (QED) is 0.166. The van der Waals surface area contributed by atoms with Gasteiger partial charge in [0, 0.05) is 23.9 Å². The van der Waals surface area contributed by atoms with Crippen LogP contribution >= 0.6 is 0 Å². The first-order valence-corrected chi connectivity index (χ1v) is 10.2. The molecule has 0 heterocycles. The molecule has 182 valence electrons. The maximum Gasteiger partial charge on any atom is 0.416 e. The van der Waals surface area contributed by atoms with Gasteiger partial charge in [0.2, 0.25) is 0 Å². The van der Waals surface area contributed by atoms with Crippen LogP contribution in [0.4, 0.5) is 24.5 Å². The number of non-ortho nitro benzene ring substituents is 1. The van der Waals surface area contributed by atoms with Crippen LogP contribution in [0, 0.1) is 10.1 Å². The van der Waals surface area contributed by atoms with Crippen LogP contribution in [0.2, 0.25) is 0 Å². The van der Waals surface area contributed by atoms with Crippen molar-refractivity contribution in [2.24, 2.45) is 4.99 Å². The van der Waals surface area contributed by atoms with E-state index in [9.17, 15) is 32.9 Å². The van der Waals surface area contributed by atoms with Gasteiger partial charge < -0.3 is 9.47 Å². The number of carbonyl (C=O) groups excluding carboxylic acids is 2. The number of hydrogen-bond acceptors (Lipinski definition) is 7. The van der Waals surface area contributed by atoms with E-state index in [0.29, 0.717) is 11.6 Å². The van der Waals surface area contributed by atoms with Crippen molar-refractivity contribution in [3.8, 4) is 0 Å². The predicted octanol–water partition coefficient (Wildman–Crippen LogP) is 5.35. The van der Waals surface area contributed by atoms with E-state index in [-0.39, 0.29) is 16.9 Å². The number of nitrogens with zero attached hydrogens (tertiary/aromatic N) is 2. The highest BCUT2D eigenvalue weighted by Crippen LogP contribution is 2.37. The summed E-state index contributed by atoms with van der Waals surface area (Å²) in [6.45, 7) is 6.23. The van der Waals surface area contributed by atoms with Crippen molar-refractivity contribution >= 4 is 29.5 Å². The van der Waals surface area contributed by atoms with E-state index in [1.54, 1.807) is 27.7 Å². The van der Waals surface area contributed by atoms with E-state index in [0.717, 1.165) is 12.1 Å². The molecule has 2 rings (SSSR count). The van der Waals surface area contributed by atoms with E-state index < -0.39 is 46.7 Å². The van der Waals surface area contributed by atoms with Crippen molar-refractivity contribution in [3.05, 3.63) is 69.3 Å². The zero-order valence-electron chi connectivity index (χ0n) is 18.8. The van der Waals surface area contributed by atoms with Crippen molar-refractivity contribution in [1.29, 1.82) is 0 Å². The Morgan fingerprint density at radius 3 is 1.94 bits per heavy atom. The lowest BCUT2D eigenvalue weighted by Gasteiger charge is -2.20. The molecule has 0 bridgehead atoms. The topological polar surface area (TPSA) is 108 Å². The second-order valence-corrected chi connectivity index (χ2v) is 7.78. The average Bonchev–Trinajstić information content (AvgIpc) is 2.71. The first kappa shape index (κ1) is 26.5. The van der Waals surface area contributed by atoms with E-state index in [2.05, 4.69) is 4.99 Å². The van der Waals surface area contributed by atoms with Gasteiger partial charge in [-0.15, -0.1) is 0 Å². The lowest BCUT2D eigenvalue weighted by atomic mass is 9.95. The van der Waals surface area contributed by atoms with Crippen LogP contribution in [-0.4, -0.2) is 35.3 Å². The Morgan fingerprint density at radius 1 is 0.971 bits per heavy atom. The fourth-order valence-corrected chi connectivity index (χ4v) is 2.85. The van der Waals surface area contributed by atoms with Gasteiger partial charge in [0.05, 0.1) is 28.4 Å². The number of carbonyl (C=O) groups is 2. The molecular weight excluding hydrogens is 457 g/mol. The molecule has 0 fully saturated rings. The molecule has 2 aromatic carbocycles. The minimum atomic E-state index is -4.71. The number of ether oxygens (including phenoxy) is 2. The van der Waals surface area contributed by atoms with Gasteiger partial charge in [-0.1, -0.05) is 6.07 Å². The summed E-state index contributed by atoms with van der Waals surface area (Å²) in [5.74, 6) is -3.66. The van der Waals surface area contributed by atoms with Gasteiger partial charge >= 0.3 is 18.1 Å². The molecule has 0 spiro atoms. The fourth-order valence-electron chi connectivity index (χ4n) is 2.85. The van der Waals surface area contributed by atoms with E-state index in [1.807, 2.05) is 0 Å². The third-order valence-electron chi connectivity index (χ3n) is 4.30. The molecule has 0 saturated carbocycles. The molecule has 0 atom stereocenters. The molecular formula is C23H23F3N2O6. The zero-order valence-corrected chi connectivity index (χ0v) is 18.8. The van der Waals surface area contributed by atoms with Gasteiger partial charge in [0.25, 0.3) is 5.69 Å². The monoisotopic (exact) mass is 480 g/mol. The Bertz CT molecular complexity index is 1060. The summed E-state index contributed by atoms with van der Waals surface area (Å²) in [7, 11) is 0. The Morgan fingerprint density at radius 2 is 1.50 bits per heavy atom. The molecule has 0 unspecified atom stereocenters. The summed E-state index contributed by atoms with van der Waals surface area (Å²) in [6.07, 6.45) is -4.73. The lowest BCUT2D eigenvalue weighted by molar-refractivity contribution is -0.384. The molecule has 0 aliphatic heterocycles. The third-order valence-corrected chi connectivity index (χ3v) is 4.30. The van der Waals surface area contributed by atoms with Gasteiger partial charge in [-0.25, -0.2) is 0 Å². The Hall–Kier alpha value is -3.76. The van der Waals surface area contributed by atoms with Crippen molar-refractivity contribution in [2.75, 3.05) is 0 Å². The maximum atomic E-state index is 13.3. The summed E-state index contributed by atoms with van der Waals surface area (Å²) in [6, 6.07) is 7.54. The number of halogens is 3. The first-order chi connectivity index (χ1) is 15.8. The average molecular weight is 480 g/mol. The van der Waals surface area contributed by atoms with Crippen molar-refractivity contribution in [3.63, 3.8) is 0 Å². The van der Waals surface area contributed by atoms with Crippen LogP contribution in [0.5, 0.6) is 0 Å². The van der Waals surface area contributed by atoms with Crippen LogP contribution in [-0.2, 0) is 25.2 Å². The maximum absolute atomic E-state index is 13.3. The summed E-state index contributed by atoms with van der Waals surface area (Å²) in [5.41, 5.74) is -1.31. The Kier molecular flexibility index (Phi) is 8.50. The summed E-state index contributed by atoms with van der Waals surface area (Å²) < 4.78 is 50.3. The van der Waals surface area contributed by atoms with Crippen molar-refractivity contribution in [2.45, 2.75) is 52.0 Å². The minimum Gasteiger partial charge on any atom is -0.462 e. The minimum absolute atomic E-state index is 0.137. The number of nitro groups is 1. The van der Waals surface area contributed by atoms with Crippen LogP contribution in [0.15, 0.2) is 47.5 Å². The van der Waals surface area contributed by atoms with Gasteiger partial charge in [-0.3, -0.25) is 24.7 Å². The molecule has 0 amide bonds. The molecule has 0 aliphatic rings. The number of alkyl halides is 3. The third kappa shape index (κ3) is 7.12. The second-order valence-electron chi connectivity index (χ2n) is 7.78. The number of nitro benzene ring substituents is 1. The van der Waals surface area contributed by atoms with E-state index in [1.165, 1.54) is 30.5 Å². The van der Waals surface area contributed by atoms with Gasteiger partial charge in [0.15, 0.2) is 5.92 Å². The van der Waals surface area contributed by atoms with Gasteiger partial charge in [0.1, 0.15) is 0 Å². The zero-order chi connectivity index (χ0) is 25.6.